The first kappa shape index (κ1) is 13.4. The lowest BCUT2D eigenvalue weighted by molar-refractivity contribution is -0.133. The van der Waals surface area contributed by atoms with Crippen LogP contribution in [0.25, 0.3) is 0 Å². The molecule has 1 amide bonds. The molecule has 0 bridgehead atoms. The highest BCUT2D eigenvalue weighted by Gasteiger charge is 2.34. The largest absolute Gasteiger partial charge is 0.496 e. The van der Waals surface area contributed by atoms with Crippen LogP contribution in [0.4, 0.5) is 0 Å². The van der Waals surface area contributed by atoms with Crippen LogP contribution in [0, 0.1) is 5.92 Å². The van der Waals surface area contributed by atoms with Crippen molar-refractivity contribution in [2.45, 2.75) is 31.8 Å². The van der Waals surface area contributed by atoms with E-state index in [1.165, 1.54) is 0 Å². The van der Waals surface area contributed by atoms with E-state index >= 15 is 0 Å². The zero-order chi connectivity index (χ0) is 13.9. The molecule has 2 aliphatic rings. The number of methoxy groups -OCH3 is 1. The lowest BCUT2D eigenvalue weighted by atomic mass is 9.98. The van der Waals surface area contributed by atoms with E-state index in [4.69, 9.17) is 4.74 Å². The van der Waals surface area contributed by atoms with E-state index < -0.39 is 0 Å². The molecule has 1 aliphatic carbocycles. The quantitative estimate of drug-likeness (QED) is 0.860. The maximum Gasteiger partial charge on any atom is 0.223 e. The Labute approximate surface area is 120 Å². The number of nitrogens with one attached hydrogen (secondary N) is 1. The molecule has 20 heavy (non-hydrogen) atoms. The van der Waals surface area contributed by atoms with Gasteiger partial charge in [0, 0.05) is 24.6 Å². The zero-order valence-electron chi connectivity index (χ0n) is 12.0. The van der Waals surface area contributed by atoms with Crippen molar-refractivity contribution in [2.75, 3.05) is 20.2 Å². The summed E-state index contributed by atoms with van der Waals surface area (Å²) in [5, 5.41) is 3.23. The predicted molar refractivity (Wildman–Crippen MR) is 77.5 cm³/mol. The van der Waals surface area contributed by atoms with Gasteiger partial charge in [-0.15, -0.1) is 0 Å². The Morgan fingerprint density at radius 1 is 1.35 bits per heavy atom. The number of rotatable bonds is 6. The summed E-state index contributed by atoms with van der Waals surface area (Å²) < 4.78 is 5.39. The molecule has 3 rings (SSSR count). The first-order chi connectivity index (χ1) is 9.78. The van der Waals surface area contributed by atoms with Gasteiger partial charge in [0.05, 0.1) is 7.11 Å². The molecule has 1 saturated carbocycles. The zero-order valence-corrected chi connectivity index (χ0v) is 12.0. The second kappa shape index (κ2) is 5.83. The third-order valence-electron chi connectivity index (χ3n) is 4.17. The Balaban J connectivity index is 1.68. The van der Waals surface area contributed by atoms with Crippen LogP contribution in [0.2, 0.25) is 0 Å². The first-order valence-corrected chi connectivity index (χ1v) is 7.40. The van der Waals surface area contributed by atoms with E-state index in [1.54, 1.807) is 7.11 Å². The molecule has 0 spiro atoms. The standard InChI is InChI=1S/C16H22N2O2/c1-20-15-5-3-2-4-13(15)11-18(14-6-7-14)16(19)8-12-9-17-10-12/h2-5,12,14,17H,6-11H2,1H3. The number of benzene rings is 1. The van der Waals surface area contributed by atoms with Crippen LogP contribution in [0.3, 0.4) is 0 Å². The van der Waals surface area contributed by atoms with Gasteiger partial charge in [0.1, 0.15) is 5.75 Å². The molecule has 4 nitrogen and oxygen atoms in total. The van der Waals surface area contributed by atoms with Crippen LogP contribution >= 0.6 is 0 Å². The number of amides is 1. The van der Waals surface area contributed by atoms with Crippen LogP contribution in [0.5, 0.6) is 5.75 Å². The van der Waals surface area contributed by atoms with Gasteiger partial charge in [-0.1, -0.05) is 18.2 Å². The van der Waals surface area contributed by atoms with E-state index in [0.29, 0.717) is 30.8 Å². The van der Waals surface area contributed by atoms with Gasteiger partial charge in [-0.2, -0.15) is 0 Å². The number of para-hydroxylation sites is 1. The Bertz CT molecular complexity index is 481. The average Bonchev–Trinajstić information content (AvgIpc) is 3.24. The van der Waals surface area contributed by atoms with Gasteiger partial charge in [-0.05, 0) is 37.9 Å². The number of nitrogens with zero attached hydrogens (tertiary/aromatic N) is 1. The molecule has 0 unspecified atom stereocenters. The average molecular weight is 274 g/mol. The Hall–Kier alpha value is -1.55. The summed E-state index contributed by atoms with van der Waals surface area (Å²) in [6.07, 6.45) is 2.96. The van der Waals surface area contributed by atoms with Gasteiger partial charge in [-0.3, -0.25) is 4.79 Å². The van der Waals surface area contributed by atoms with Gasteiger partial charge < -0.3 is 15.0 Å². The summed E-state index contributed by atoms with van der Waals surface area (Å²) >= 11 is 0. The summed E-state index contributed by atoms with van der Waals surface area (Å²) in [6, 6.07) is 8.42. The number of hydrogen-bond acceptors (Lipinski definition) is 3. The molecule has 0 radical (unpaired) electrons. The third kappa shape index (κ3) is 2.96. The lowest BCUT2D eigenvalue weighted by Crippen LogP contribution is -2.45. The van der Waals surface area contributed by atoms with Crippen molar-refractivity contribution >= 4 is 5.91 Å². The van der Waals surface area contributed by atoms with E-state index in [2.05, 4.69) is 10.2 Å². The molecule has 1 N–H and O–H groups in total. The fourth-order valence-corrected chi connectivity index (χ4v) is 2.68. The molecule has 2 fully saturated rings. The van der Waals surface area contributed by atoms with Crippen molar-refractivity contribution in [3.05, 3.63) is 29.8 Å². The van der Waals surface area contributed by atoms with Crippen molar-refractivity contribution in [1.29, 1.82) is 0 Å². The van der Waals surface area contributed by atoms with Gasteiger partial charge in [0.15, 0.2) is 0 Å². The normalized spacial score (nSPS) is 18.4. The Morgan fingerprint density at radius 3 is 2.70 bits per heavy atom. The smallest absolute Gasteiger partial charge is 0.223 e. The molecular formula is C16H22N2O2. The molecule has 1 heterocycles. The number of carbonyl (C=O) groups is 1. The van der Waals surface area contributed by atoms with Crippen molar-refractivity contribution in [3.8, 4) is 5.75 Å². The van der Waals surface area contributed by atoms with Crippen LogP contribution in [-0.2, 0) is 11.3 Å². The van der Waals surface area contributed by atoms with Crippen molar-refractivity contribution < 1.29 is 9.53 Å². The minimum Gasteiger partial charge on any atom is -0.496 e. The molecule has 1 aromatic rings. The van der Waals surface area contributed by atoms with Gasteiger partial charge in [-0.25, -0.2) is 0 Å². The van der Waals surface area contributed by atoms with Gasteiger partial charge >= 0.3 is 0 Å². The molecule has 4 heteroatoms. The maximum absolute atomic E-state index is 12.5. The Kier molecular flexibility index (Phi) is 3.92. The van der Waals surface area contributed by atoms with Crippen molar-refractivity contribution in [1.82, 2.24) is 10.2 Å². The lowest BCUT2D eigenvalue weighted by Gasteiger charge is -2.30. The van der Waals surface area contributed by atoms with Crippen molar-refractivity contribution in [3.63, 3.8) is 0 Å². The Morgan fingerprint density at radius 2 is 2.10 bits per heavy atom. The second-order valence-electron chi connectivity index (χ2n) is 5.79. The molecule has 0 aromatic heterocycles. The van der Waals surface area contributed by atoms with Crippen LogP contribution in [0.15, 0.2) is 24.3 Å². The minimum absolute atomic E-state index is 0.296. The predicted octanol–water partition coefficient (Wildman–Crippen LogP) is 1.80. The fraction of sp³-hybridized carbons (Fsp3) is 0.562. The molecule has 0 atom stereocenters. The summed E-state index contributed by atoms with van der Waals surface area (Å²) in [6.45, 7) is 2.64. The molecule has 1 aromatic carbocycles. The SMILES string of the molecule is COc1ccccc1CN(C(=O)CC1CNC1)C1CC1. The number of ether oxygens (including phenoxy) is 1. The van der Waals surface area contributed by atoms with Crippen molar-refractivity contribution in [2.24, 2.45) is 5.92 Å². The van der Waals surface area contributed by atoms with E-state index in [0.717, 1.165) is 37.2 Å². The first-order valence-electron chi connectivity index (χ1n) is 7.40. The van der Waals surface area contributed by atoms with E-state index in [9.17, 15) is 4.79 Å². The summed E-state index contributed by atoms with van der Waals surface area (Å²) in [7, 11) is 1.68. The highest BCUT2D eigenvalue weighted by Crippen LogP contribution is 2.31. The van der Waals surface area contributed by atoms with Crippen LogP contribution in [0.1, 0.15) is 24.8 Å². The number of hydrogen-bond donors (Lipinski definition) is 1. The van der Waals surface area contributed by atoms with Gasteiger partial charge in [0.25, 0.3) is 0 Å². The highest BCUT2D eigenvalue weighted by atomic mass is 16.5. The second-order valence-corrected chi connectivity index (χ2v) is 5.79. The minimum atomic E-state index is 0.296. The third-order valence-corrected chi connectivity index (χ3v) is 4.17. The fourth-order valence-electron chi connectivity index (χ4n) is 2.68. The monoisotopic (exact) mass is 274 g/mol. The van der Waals surface area contributed by atoms with E-state index in [-0.39, 0.29) is 0 Å². The highest BCUT2D eigenvalue weighted by molar-refractivity contribution is 5.77. The van der Waals surface area contributed by atoms with Crippen LogP contribution in [-0.4, -0.2) is 37.0 Å². The van der Waals surface area contributed by atoms with Crippen LogP contribution < -0.4 is 10.1 Å². The topological polar surface area (TPSA) is 41.6 Å². The molecule has 1 aliphatic heterocycles. The molecule has 108 valence electrons. The molecule has 1 saturated heterocycles. The summed E-state index contributed by atoms with van der Waals surface area (Å²) in [5.74, 6) is 1.70. The van der Waals surface area contributed by atoms with Gasteiger partial charge in [0.2, 0.25) is 5.91 Å². The number of carbonyl (C=O) groups excluding carboxylic acids is 1. The summed E-state index contributed by atoms with van der Waals surface area (Å²) in [4.78, 5) is 14.5. The maximum atomic E-state index is 12.5. The molecular weight excluding hydrogens is 252 g/mol. The van der Waals surface area contributed by atoms with E-state index in [1.807, 2.05) is 24.3 Å². The summed E-state index contributed by atoms with van der Waals surface area (Å²) in [5.41, 5.74) is 1.10.